The molecule has 3 heterocycles. The van der Waals surface area contributed by atoms with E-state index in [9.17, 15) is 19.5 Å². The SMILES string of the molecule is CCOC(=O)c1c(C)sc(-c2c(-c3ccc4ccccc4c3)[nH]c3[nH]c(=O)[nH]c(=O)c23)c1O. The van der Waals surface area contributed by atoms with Crippen LogP contribution in [0.5, 0.6) is 5.75 Å². The van der Waals surface area contributed by atoms with Crippen molar-refractivity contribution < 1.29 is 14.6 Å². The number of carbonyl (C=O) groups excluding carboxylic acids is 1. The normalized spacial score (nSPS) is 11.3. The third-order valence-corrected chi connectivity index (χ3v) is 6.61. The number of thiophene rings is 1. The summed E-state index contributed by atoms with van der Waals surface area (Å²) in [5.74, 6) is -0.895. The number of aromatic hydroxyl groups is 1. The van der Waals surface area contributed by atoms with Crippen LogP contribution in [0, 0.1) is 6.92 Å². The Morgan fingerprint density at radius 2 is 1.82 bits per heavy atom. The molecule has 0 aliphatic rings. The zero-order valence-corrected chi connectivity index (χ0v) is 18.6. The highest BCUT2D eigenvalue weighted by molar-refractivity contribution is 7.16. The van der Waals surface area contributed by atoms with E-state index < -0.39 is 17.2 Å². The van der Waals surface area contributed by atoms with Crippen LogP contribution in [0.4, 0.5) is 0 Å². The number of benzene rings is 2. The van der Waals surface area contributed by atoms with E-state index in [1.165, 1.54) is 11.3 Å². The van der Waals surface area contributed by atoms with E-state index in [1.54, 1.807) is 13.8 Å². The van der Waals surface area contributed by atoms with Gasteiger partial charge in [0, 0.05) is 10.4 Å². The number of nitrogens with one attached hydrogen (secondary N) is 3. The summed E-state index contributed by atoms with van der Waals surface area (Å²) in [5.41, 5.74) is 0.734. The number of aromatic amines is 3. The molecule has 8 nitrogen and oxygen atoms in total. The van der Waals surface area contributed by atoms with E-state index in [-0.39, 0.29) is 29.0 Å². The molecule has 0 unspecified atom stereocenters. The van der Waals surface area contributed by atoms with Gasteiger partial charge in [0.25, 0.3) is 5.56 Å². The molecule has 0 aliphatic carbocycles. The van der Waals surface area contributed by atoms with Crippen LogP contribution in [-0.4, -0.2) is 32.6 Å². The molecule has 4 N–H and O–H groups in total. The summed E-state index contributed by atoms with van der Waals surface area (Å²) in [6.45, 7) is 3.56. The van der Waals surface area contributed by atoms with Crippen LogP contribution in [0.1, 0.15) is 22.2 Å². The number of esters is 1. The monoisotopic (exact) mass is 461 g/mol. The van der Waals surface area contributed by atoms with Gasteiger partial charge in [-0.05, 0) is 36.2 Å². The molecule has 5 rings (SSSR count). The van der Waals surface area contributed by atoms with Gasteiger partial charge in [-0.15, -0.1) is 11.3 Å². The number of aromatic nitrogens is 3. The topological polar surface area (TPSA) is 128 Å². The number of aryl methyl sites for hydroxylation is 1. The Morgan fingerprint density at radius 3 is 2.58 bits per heavy atom. The molecular weight excluding hydrogens is 442 g/mol. The van der Waals surface area contributed by atoms with Crippen LogP contribution in [0.15, 0.2) is 52.1 Å². The van der Waals surface area contributed by atoms with Gasteiger partial charge >= 0.3 is 11.7 Å². The lowest BCUT2D eigenvalue weighted by atomic mass is 10.0. The fourth-order valence-corrected chi connectivity index (χ4v) is 5.16. The van der Waals surface area contributed by atoms with Gasteiger partial charge in [-0.2, -0.15) is 0 Å². The molecule has 0 saturated carbocycles. The van der Waals surface area contributed by atoms with Crippen molar-refractivity contribution in [1.82, 2.24) is 15.0 Å². The third kappa shape index (κ3) is 3.33. The number of hydrogen-bond donors (Lipinski definition) is 4. The lowest BCUT2D eigenvalue weighted by molar-refractivity contribution is 0.0523. The minimum atomic E-state index is -0.649. The van der Waals surface area contributed by atoms with Crippen molar-refractivity contribution in [3.8, 4) is 27.4 Å². The van der Waals surface area contributed by atoms with Crippen molar-refractivity contribution in [3.05, 3.63) is 73.7 Å². The van der Waals surface area contributed by atoms with Crippen LogP contribution < -0.4 is 11.2 Å². The molecule has 0 bridgehead atoms. The molecule has 0 atom stereocenters. The average Bonchev–Trinajstić information content (AvgIpc) is 3.30. The van der Waals surface area contributed by atoms with Crippen LogP contribution in [0.25, 0.3) is 43.5 Å². The lowest BCUT2D eigenvalue weighted by Crippen LogP contribution is -2.21. The smallest absolute Gasteiger partial charge is 0.343 e. The summed E-state index contributed by atoms with van der Waals surface area (Å²) in [6.07, 6.45) is 0. The van der Waals surface area contributed by atoms with Crippen molar-refractivity contribution in [1.29, 1.82) is 0 Å². The molecule has 3 aromatic heterocycles. The van der Waals surface area contributed by atoms with E-state index in [2.05, 4.69) is 15.0 Å². The largest absolute Gasteiger partial charge is 0.505 e. The summed E-state index contributed by atoms with van der Waals surface area (Å²) < 4.78 is 5.09. The number of carbonyl (C=O) groups is 1. The maximum Gasteiger partial charge on any atom is 0.343 e. The highest BCUT2D eigenvalue weighted by Crippen LogP contribution is 2.47. The maximum atomic E-state index is 12.8. The second-order valence-corrected chi connectivity index (χ2v) is 8.75. The minimum Gasteiger partial charge on any atom is -0.505 e. The van der Waals surface area contributed by atoms with Crippen LogP contribution >= 0.6 is 11.3 Å². The first-order valence-corrected chi connectivity index (χ1v) is 11.1. The Balaban J connectivity index is 1.85. The Kier molecular flexibility index (Phi) is 4.90. The lowest BCUT2D eigenvalue weighted by Gasteiger charge is -2.06. The fourth-order valence-electron chi connectivity index (χ4n) is 4.07. The maximum absolute atomic E-state index is 12.8. The first-order chi connectivity index (χ1) is 15.9. The van der Waals surface area contributed by atoms with Crippen molar-refractivity contribution in [2.45, 2.75) is 13.8 Å². The van der Waals surface area contributed by atoms with Crippen molar-refractivity contribution in [3.63, 3.8) is 0 Å². The van der Waals surface area contributed by atoms with Gasteiger partial charge in [0.1, 0.15) is 17.0 Å². The fraction of sp³-hybridized carbons (Fsp3) is 0.125. The molecule has 5 aromatic rings. The molecule has 0 saturated heterocycles. The molecular formula is C24H19N3O5S. The predicted octanol–water partition coefficient (Wildman–Crippen LogP) is 4.28. The Hall–Kier alpha value is -4.11. The van der Waals surface area contributed by atoms with Crippen molar-refractivity contribution in [2.75, 3.05) is 6.61 Å². The summed E-state index contributed by atoms with van der Waals surface area (Å²) in [7, 11) is 0. The third-order valence-electron chi connectivity index (χ3n) is 5.50. The van der Waals surface area contributed by atoms with Crippen LogP contribution in [-0.2, 0) is 4.74 Å². The highest BCUT2D eigenvalue weighted by Gasteiger charge is 2.28. The summed E-state index contributed by atoms with van der Waals surface area (Å²) >= 11 is 1.18. The molecule has 166 valence electrons. The number of H-pyrrole nitrogens is 3. The quantitative estimate of drug-likeness (QED) is 0.297. The van der Waals surface area contributed by atoms with E-state index in [4.69, 9.17) is 4.74 Å². The van der Waals surface area contributed by atoms with Gasteiger partial charge in [-0.1, -0.05) is 36.4 Å². The van der Waals surface area contributed by atoms with Gasteiger partial charge in [-0.3, -0.25) is 14.8 Å². The summed E-state index contributed by atoms with van der Waals surface area (Å²) in [5, 5.41) is 13.3. The first-order valence-electron chi connectivity index (χ1n) is 10.3. The van der Waals surface area contributed by atoms with Gasteiger partial charge in [0.05, 0.1) is 22.6 Å². The number of rotatable bonds is 4. The second-order valence-electron chi connectivity index (χ2n) is 7.53. The standard InChI is InChI=1S/C24H19N3O5S/c1-3-32-23(30)15-11(2)33-20(19(15)28)16-17-21(26-24(31)27-22(17)29)25-18(16)14-9-8-12-6-4-5-7-13(12)10-14/h4-10,28H,3H2,1-2H3,(H3,25,26,27,29,31). The summed E-state index contributed by atoms with van der Waals surface area (Å²) in [4.78, 5) is 46.1. The second kappa shape index (κ2) is 7.79. The molecule has 0 spiro atoms. The van der Waals surface area contributed by atoms with E-state index in [0.717, 1.165) is 16.3 Å². The molecule has 0 radical (unpaired) electrons. The average molecular weight is 461 g/mol. The summed E-state index contributed by atoms with van der Waals surface area (Å²) in [6, 6.07) is 13.7. The van der Waals surface area contributed by atoms with Gasteiger partial charge < -0.3 is 14.8 Å². The minimum absolute atomic E-state index is 0.0662. The number of ether oxygens (including phenoxy) is 1. The first kappa shape index (κ1) is 20.8. The van der Waals surface area contributed by atoms with E-state index >= 15 is 0 Å². The number of fused-ring (bicyclic) bond motifs is 2. The molecule has 0 fully saturated rings. The van der Waals surface area contributed by atoms with Gasteiger partial charge in [-0.25, -0.2) is 9.59 Å². The van der Waals surface area contributed by atoms with Gasteiger partial charge in [0.15, 0.2) is 0 Å². The Morgan fingerprint density at radius 1 is 1.06 bits per heavy atom. The van der Waals surface area contributed by atoms with Crippen LogP contribution in [0.3, 0.4) is 0 Å². The predicted molar refractivity (Wildman–Crippen MR) is 128 cm³/mol. The molecule has 2 aromatic carbocycles. The van der Waals surface area contributed by atoms with E-state index in [1.807, 2.05) is 42.5 Å². The Labute approximate surface area is 190 Å². The van der Waals surface area contributed by atoms with Gasteiger partial charge in [0.2, 0.25) is 0 Å². The van der Waals surface area contributed by atoms with Crippen molar-refractivity contribution in [2.24, 2.45) is 0 Å². The zero-order chi connectivity index (χ0) is 23.3. The molecule has 9 heteroatoms. The highest BCUT2D eigenvalue weighted by atomic mass is 32.1. The van der Waals surface area contributed by atoms with E-state index in [0.29, 0.717) is 21.0 Å². The molecule has 0 aliphatic heterocycles. The van der Waals surface area contributed by atoms with Crippen molar-refractivity contribution >= 4 is 39.1 Å². The zero-order valence-electron chi connectivity index (χ0n) is 17.7. The Bertz CT molecular complexity index is 1670. The molecule has 33 heavy (non-hydrogen) atoms. The number of hydrogen-bond acceptors (Lipinski definition) is 6. The molecule has 0 amide bonds. The van der Waals surface area contributed by atoms with Crippen LogP contribution in [0.2, 0.25) is 0 Å².